The number of carboxylic acid groups (broad SMARTS) is 1. The average Bonchev–Trinajstić information content (AvgIpc) is 2.54. The molecule has 0 spiro atoms. The first-order valence-electron chi connectivity index (χ1n) is 5.00. The summed E-state index contributed by atoms with van der Waals surface area (Å²) in [6.45, 7) is 0. The van der Waals surface area contributed by atoms with Gasteiger partial charge in [0.15, 0.2) is 5.11 Å². The number of hydrogen-bond acceptors (Lipinski definition) is 3. The molecule has 0 bridgehead atoms. The van der Waals surface area contributed by atoms with Crippen LogP contribution in [0.2, 0.25) is 0 Å². The summed E-state index contributed by atoms with van der Waals surface area (Å²) in [5.74, 6) is -1.41. The van der Waals surface area contributed by atoms with Gasteiger partial charge >= 0.3 is 5.97 Å². The van der Waals surface area contributed by atoms with Gasteiger partial charge in [0, 0.05) is 5.69 Å². The van der Waals surface area contributed by atoms with Gasteiger partial charge in [-0.25, -0.2) is 0 Å². The van der Waals surface area contributed by atoms with Crippen LogP contribution >= 0.6 is 12.2 Å². The molecule has 1 fully saturated rings. The highest BCUT2D eigenvalue weighted by molar-refractivity contribution is 7.80. The third kappa shape index (κ3) is 2.26. The fourth-order valence-electron chi connectivity index (χ4n) is 1.74. The van der Waals surface area contributed by atoms with Crippen molar-refractivity contribution in [3.63, 3.8) is 0 Å². The van der Waals surface area contributed by atoms with Crippen molar-refractivity contribution in [1.82, 2.24) is 5.32 Å². The van der Waals surface area contributed by atoms with Gasteiger partial charge in [-0.2, -0.15) is 0 Å². The molecule has 1 saturated heterocycles. The van der Waals surface area contributed by atoms with Gasteiger partial charge in [0.05, 0.1) is 6.42 Å². The maximum absolute atomic E-state index is 11.6. The van der Waals surface area contributed by atoms with Crippen molar-refractivity contribution in [1.29, 1.82) is 0 Å². The highest BCUT2D eigenvalue weighted by Gasteiger charge is 2.38. The number of rotatable bonds is 3. The number of carbonyl (C=O) groups is 2. The lowest BCUT2D eigenvalue weighted by molar-refractivity contribution is -0.139. The van der Waals surface area contributed by atoms with Crippen molar-refractivity contribution in [2.45, 2.75) is 12.5 Å². The molecule has 1 amide bonds. The number of amides is 1. The number of aliphatic carboxylic acids is 1. The van der Waals surface area contributed by atoms with Gasteiger partial charge in [-0.1, -0.05) is 18.2 Å². The molecule has 88 valence electrons. The molecule has 0 aliphatic carbocycles. The minimum absolute atomic E-state index is 0.243. The van der Waals surface area contributed by atoms with Gasteiger partial charge in [0.25, 0.3) is 0 Å². The number of benzene rings is 1. The van der Waals surface area contributed by atoms with Gasteiger partial charge in [-0.3, -0.25) is 9.59 Å². The van der Waals surface area contributed by atoms with Crippen LogP contribution in [0, 0.1) is 0 Å². The molecule has 0 saturated carbocycles. The number of thiocarbonyl (C=S) groups is 1. The summed E-state index contributed by atoms with van der Waals surface area (Å²) < 4.78 is 0. The monoisotopic (exact) mass is 250 g/mol. The predicted octanol–water partition coefficient (Wildman–Crippen LogP) is 0.751. The van der Waals surface area contributed by atoms with Crippen LogP contribution < -0.4 is 10.2 Å². The van der Waals surface area contributed by atoms with Crippen molar-refractivity contribution in [3.8, 4) is 0 Å². The molecule has 2 rings (SSSR count). The molecule has 1 aliphatic heterocycles. The molecule has 0 radical (unpaired) electrons. The molecule has 2 N–H and O–H groups in total. The molecule has 17 heavy (non-hydrogen) atoms. The number of nitrogens with one attached hydrogen (secondary N) is 1. The standard InChI is InChI=1S/C11H10N2O3S/c14-9(15)6-8-10(16)12-11(17)13(8)7-4-2-1-3-5-7/h1-5,8H,6H2,(H,14,15)(H,12,16,17). The minimum atomic E-state index is -1.03. The van der Waals surface area contributed by atoms with E-state index in [-0.39, 0.29) is 17.4 Å². The Morgan fingerprint density at radius 2 is 2.06 bits per heavy atom. The maximum Gasteiger partial charge on any atom is 0.306 e. The number of hydrogen-bond donors (Lipinski definition) is 2. The molecule has 1 aromatic carbocycles. The van der Waals surface area contributed by atoms with Crippen molar-refractivity contribution in [2.75, 3.05) is 4.90 Å². The Kier molecular flexibility index (Phi) is 3.06. The number of carbonyl (C=O) groups excluding carboxylic acids is 1. The number of nitrogens with zero attached hydrogens (tertiary/aromatic N) is 1. The van der Waals surface area contributed by atoms with Gasteiger partial charge in [-0.05, 0) is 24.4 Å². The molecule has 1 unspecified atom stereocenters. The van der Waals surface area contributed by atoms with E-state index in [9.17, 15) is 9.59 Å². The van der Waals surface area contributed by atoms with Gasteiger partial charge in [0.1, 0.15) is 6.04 Å². The molecule has 6 heteroatoms. The zero-order chi connectivity index (χ0) is 12.4. The van der Waals surface area contributed by atoms with Gasteiger partial charge < -0.3 is 15.3 Å². The third-order valence-corrected chi connectivity index (χ3v) is 2.76. The van der Waals surface area contributed by atoms with Crippen LogP contribution in [-0.2, 0) is 9.59 Å². The summed E-state index contributed by atoms with van der Waals surface area (Å²) in [5.41, 5.74) is 0.710. The van der Waals surface area contributed by atoms with E-state index in [1.54, 1.807) is 24.3 Å². The first-order valence-corrected chi connectivity index (χ1v) is 5.41. The van der Waals surface area contributed by atoms with Crippen LogP contribution in [0.4, 0.5) is 5.69 Å². The molecular weight excluding hydrogens is 240 g/mol. The Balaban J connectivity index is 2.32. The molecule has 1 aromatic rings. The number of anilines is 1. The van der Waals surface area contributed by atoms with Crippen LogP contribution in [-0.4, -0.2) is 28.1 Å². The van der Waals surface area contributed by atoms with Crippen molar-refractivity contribution >= 4 is 34.9 Å². The normalized spacial score (nSPS) is 19.3. The number of para-hydroxylation sites is 1. The van der Waals surface area contributed by atoms with Crippen LogP contribution in [0.5, 0.6) is 0 Å². The Bertz CT molecular complexity index is 475. The van der Waals surface area contributed by atoms with E-state index >= 15 is 0 Å². The lowest BCUT2D eigenvalue weighted by Crippen LogP contribution is -2.36. The Morgan fingerprint density at radius 3 is 2.65 bits per heavy atom. The lowest BCUT2D eigenvalue weighted by Gasteiger charge is -2.22. The summed E-state index contributed by atoms with van der Waals surface area (Å²) in [6, 6.07) is 8.23. The van der Waals surface area contributed by atoms with Crippen molar-refractivity contribution in [3.05, 3.63) is 30.3 Å². The maximum atomic E-state index is 11.6. The van der Waals surface area contributed by atoms with Crippen LogP contribution in [0.1, 0.15) is 6.42 Å². The molecule has 1 aliphatic rings. The first-order chi connectivity index (χ1) is 8.09. The van der Waals surface area contributed by atoms with E-state index < -0.39 is 12.0 Å². The average molecular weight is 250 g/mol. The second-order valence-electron chi connectivity index (χ2n) is 3.61. The van der Waals surface area contributed by atoms with Gasteiger partial charge in [0.2, 0.25) is 5.91 Å². The molecule has 1 heterocycles. The molecule has 0 aromatic heterocycles. The second kappa shape index (κ2) is 4.50. The summed E-state index contributed by atoms with van der Waals surface area (Å²) >= 11 is 5.03. The van der Waals surface area contributed by atoms with E-state index in [1.807, 2.05) is 6.07 Å². The Hall–Kier alpha value is -1.95. The SMILES string of the molecule is O=C(O)CC1C(=O)NC(=S)N1c1ccccc1. The first kappa shape index (κ1) is 11.5. The van der Waals surface area contributed by atoms with E-state index in [4.69, 9.17) is 17.3 Å². The molecule has 5 nitrogen and oxygen atoms in total. The van der Waals surface area contributed by atoms with E-state index in [1.165, 1.54) is 4.90 Å². The largest absolute Gasteiger partial charge is 0.481 e. The molecular formula is C11H10N2O3S. The summed E-state index contributed by atoms with van der Waals surface area (Å²) in [7, 11) is 0. The van der Waals surface area contributed by atoms with Crippen LogP contribution in [0.3, 0.4) is 0 Å². The smallest absolute Gasteiger partial charge is 0.306 e. The topological polar surface area (TPSA) is 69.6 Å². The van der Waals surface area contributed by atoms with Crippen LogP contribution in [0.25, 0.3) is 0 Å². The zero-order valence-corrected chi connectivity index (χ0v) is 9.61. The van der Waals surface area contributed by atoms with E-state index in [2.05, 4.69) is 5.32 Å². The Labute approximate surface area is 103 Å². The molecule has 1 atom stereocenters. The minimum Gasteiger partial charge on any atom is -0.481 e. The summed E-state index contributed by atoms with van der Waals surface area (Å²) in [6.07, 6.45) is -0.277. The van der Waals surface area contributed by atoms with Crippen LogP contribution in [0.15, 0.2) is 30.3 Å². The fraction of sp³-hybridized carbons (Fsp3) is 0.182. The van der Waals surface area contributed by atoms with Gasteiger partial charge in [-0.15, -0.1) is 0 Å². The van der Waals surface area contributed by atoms with Crippen molar-refractivity contribution < 1.29 is 14.7 Å². The Morgan fingerprint density at radius 1 is 1.41 bits per heavy atom. The summed E-state index contributed by atoms with van der Waals surface area (Å²) in [5, 5.41) is 11.5. The third-order valence-electron chi connectivity index (χ3n) is 2.47. The number of carboxylic acids is 1. The summed E-state index contributed by atoms with van der Waals surface area (Å²) in [4.78, 5) is 23.9. The lowest BCUT2D eigenvalue weighted by atomic mass is 10.1. The van der Waals surface area contributed by atoms with E-state index in [0.717, 1.165) is 0 Å². The second-order valence-corrected chi connectivity index (χ2v) is 4.00. The highest BCUT2D eigenvalue weighted by atomic mass is 32.1. The fourth-order valence-corrected chi connectivity index (χ4v) is 2.08. The highest BCUT2D eigenvalue weighted by Crippen LogP contribution is 2.22. The van der Waals surface area contributed by atoms with Crippen molar-refractivity contribution in [2.24, 2.45) is 0 Å². The predicted molar refractivity (Wildman–Crippen MR) is 65.7 cm³/mol. The van der Waals surface area contributed by atoms with E-state index in [0.29, 0.717) is 5.69 Å². The quantitative estimate of drug-likeness (QED) is 0.775. The zero-order valence-electron chi connectivity index (χ0n) is 8.79.